The fourth-order valence-electron chi connectivity index (χ4n) is 2.46. The van der Waals surface area contributed by atoms with Crippen LogP contribution in [0.4, 0.5) is 11.4 Å². The van der Waals surface area contributed by atoms with Gasteiger partial charge in [0.2, 0.25) is 0 Å². The Bertz CT molecular complexity index is 1180. The monoisotopic (exact) mass is 416 g/mol. The first-order valence-electron chi connectivity index (χ1n) is 8.19. The highest BCUT2D eigenvalue weighted by Crippen LogP contribution is 2.26. The summed E-state index contributed by atoms with van der Waals surface area (Å²) in [6, 6.07) is 10.2. The molecule has 0 radical (unpaired) electrons. The van der Waals surface area contributed by atoms with E-state index in [1.165, 1.54) is 18.5 Å². The second-order valence-electron chi connectivity index (χ2n) is 5.82. The van der Waals surface area contributed by atoms with Crippen LogP contribution in [0.5, 0.6) is 0 Å². The summed E-state index contributed by atoms with van der Waals surface area (Å²) in [5.41, 5.74) is -0.169. The maximum absolute atomic E-state index is 12.3. The molecule has 1 N–H and O–H groups in total. The zero-order valence-corrected chi connectivity index (χ0v) is 15.5. The van der Waals surface area contributed by atoms with Crippen LogP contribution in [-0.4, -0.2) is 33.0 Å². The first-order valence-corrected chi connectivity index (χ1v) is 8.56. The first kappa shape index (κ1) is 20.0. The molecule has 1 heterocycles. The van der Waals surface area contributed by atoms with Crippen LogP contribution < -0.4 is 10.9 Å². The molecule has 0 aliphatic heterocycles. The number of fused-ring (bicyclic) bond motifs is 1. The van der Waals surface area contributed by atoms with Crippen LogP contribution in [0.15, 0.2) is 53.6 Å². The molecule has 148 valence electrons. The van der Waals surface area contributed by atoms with Gasteiger partial charge in [-0.05, 0) is 18.2 Å². The fraction of sp³-hybridized carbons (Fsp3) is 0.111. The molecule has 1 amide bonds. The number of carbonyl (C=O) groups excluding carboxylic acids is 2. The van der Waals surface area contributed by atoms with Gasteiger partial charge < -0.3 is 10.1 Å². The van der Waals surface area contributed by atoms with E-state index in [0.717, 1.165) is 10.6 Å². The van der Waals surface area contributed by atoms with E-state index in [1.807, 2.05) is 0 Å². The number of nitrogens with zero attached hydrogens (tertiary/aromatic N) is 3. The summed E-state index contributed by atoms with van der Waals surface area (Å²) in [5, 5.41) is 13.6. The molecular weight excluding hydrogens is 404 g/mol. The lowest BCUT2D eigenvalue weighted by Gasteiger charge is -2.09. The molecule has 0 saturated carbocycles. The third-order valence-corrected chi connectivity index (χ3v) is 4.16. The number of nitro benzene ring substituents is 1. The summed E-state index contributed by atoms with van der Waals surface area (Å²) in [4.78, 5) is 50.5. The topological polar surface area (TPSA) is 133 Å². The summed E-state index contributed by atoms with van der Waals surface area (Å²) in [6.07, 6.45) is 1.22. The van der Waals surface area contributed by atoms with Gasteiger partial charge in [-0.1, -0.05) is 23.7 Å². The minimum atomic E-state index is -0.829. The number of anilines is 1. The second-order valence-corrected chi connectivity index (χ2v) is 6.23. The van der Waals surface area contributed by atoms with Crippen molar-refractivity contribution < 1.29 is 19.2 Å². The Kier molecular flexibility index (Phi) is 5.84. The number of ether oxygens (including phenoxy) is 1. The molecule has 0 aliphatic rings. The van der Waals surface area contributed by atoms with Gasteiger partial charge in [-0.15, -0.1) is 0 Å². The van der Waals surface area contributed by atoms with Gasteiger partial charge >= 0.3 is 5.97 Å². The standard InChI is InChI=1S/C18H13ClN4O6/c19-13-6-5-11(23(27)28)7-15(13)21-16(24)9-29-17(25)8-22-10-20-14-4-2-1-3-12(14)18(22)26/h1-7,10H,8-9H2,(H,21,24). The second kappa shape index (κ2) is 8.48. The molecular formula is C18H13ClN4O6. The number of benzene rings is 2. The molecule has 0 spiro atoms. The molecule has 0 unspecified atom stereocenters. The number of nitro groups is 1. The normalized spacial score (nSPS) is 10.5. The van der Waals surface area contributed by atoms with Crippen molar-refractivity contribution in [2.24, 2.45) is 0 Å². The van der Waals surface area contributed by atoms with Crippen LogP contribution in [0.25, 0.3) is 10.9 Å². The predicted octanol–water partition coefficient (Wildman–Crippen LogP) is 2.14. The van der Waals surface area contributed by atoms with E-state index in [9.17, 15) is 24.5 Å². The van der Waals surface area contributed by atoms with E-state index < -0.39 is 35.5 Å². The SMILES string of the molecule is O=C(COC(=O)Cn1cnc2ccccc2c1=O)Nc1cc([N+](=O)[O-])ccc1Cl. The van der Waals surface area contributed by atoms with Crippen LogP contribution in [0.3, 0.4) is 0 Å². The molecule has 0 atom stereocenters. The maximum Gasteiger partial charge on any atom is 0.326 e. The molecule has 2 aromatic carbocycles. The van der Waals surface area contributed by atoms with E-state index >= 15 is 0 Å². The quantitative estimate of drug-likeness (QED) is 0.369. The first-order chi connectivity index (χ1) is 13.8. The van der Waals surface area contributed by atoms with Crippen molar-refractivity contribution in [1.29, 1.82) is 0 Å². The van der Waals surface area contributed by atoms with E-state index in [2.05, 4.69) is 10.3 Å². The number of carbonyl (C=O) groups is 2. The van der Waals surface area contributed by atoms with Gasteiger partial charge in [0, 0.05) is 12.1 Å². The molecule has 3 rings (SSSR count). The Hall–Kier alpha value is -3.79. The molecule has 29 heavy (non-hydrogen) atoms. The van der Waals surface area contributed by atoms with Crippen molar-refractivity contribution in [2.75, 3.05) is 11.9 Å². The molecule has 0 bridgehead atoms. The number of hydrogen-bond donors (Lipinski definition) is 1. The number of amides is 1. The summed E-state index contributed by atoms with van der Waals surface area (Å²) < 4.78 is 5.92. The number of para-hydroxylation sites is 1. The molecule has 3 aromatic rings. The van der Waals surface area contributed by atoms with Crippen LogP contribution in [0.2, 0.25) is 5.02 Å². The van der Waals surface area contributed by atoms with Crippen molar-refractivity contribution in [3.63, 3.8) is 0 Å². The van der Waals surface area contributed by atoms with Gasteiger partial charge in [0.25, 0.3) is 17.2 Å². The zero-order valence-electron chi connectivity index (χ0n) is 14.7. The largest absolute Gasteiger partial charge is 0.454 e. The Morgan fingerprint density at radius 2 is 2.00 bits per heavy atom. The summed E-state index contributed by atoms with van der Waals surface area (Å²) in [7, 11) is 0. The third-order valence-electron chi connectivity index (χ3n) is 3.83. The highest BCUT2D eigenvalue weighted by molar-refractivity contribution is 6.33. The van der Waals surface area contributed by atoms with Gasteiger partial charge in [-0.3, -0.25) is 29.1 Å². The minimum absolute atomic E-state index is 0.0110. The van der Waals surface area contributed by atoms with Crippen molar-refractivity contribution >= 4 is 45.8 Å². The average molecular weight is 417 g/mol. The summed E-state index contributed by atoms with van der Waals surface area (Å²) >= 11 is 5.89. The van der Waals surface area contributed by atoms with Crippen LogP contribution in [0.1, 0.15) is 0 Å². The molecule has 11 heteroatoms. The lowest BCUT2D eigenvalue weighted by molar-refractivity contribution is -0.384. The van der Waals surface area contributed by atoms with E-state index in [4.69, 9.17) is 16.3 Å². The van der Waals surface area contributed by atoms with Gasteiger partial charge in [0.15, 0.2) is 6.61 Å². The Labute approximate surface area is 167 Å². The van der Waals surface area contributed by atoms with Crippen LogP contribution in [-0.2, 0) is 20.9 Å². The van der Waals surface area contributed by atoms with Gasteiger partial charge in [-0.25, -0.2) is 4.98 Å². The van der Waals surface area contributed by atoms with E-state index in [1.54, 1.807) is 24.3 Å². The van der Waals surface area contributed by atoms with E-state index in [0.29, 0.717) is 10.9 Å². The molecule has 0 saturated heterocycles. The molecule has 10 nitrogen and oxygen atoms in total. The molecule has 0 aliphatic carbocycles. The van der Waals surface area contributed by atoms with Gasteiger partial charge in [0.05, 0.1) is 32.9 Å². The smallest absolute Gasteiger partial charge is 0.326 e. The van der Waals surface area contributed by atoms with Crippen molar-refractivity contribution in [1.82, 2.24) is 9.55 Å². The number of nitrogens with one attached hydrogen (secondary N) is 1. The van der Waals surface area contributed by atoms with Crippen LogP contribution in [0, 0.1) is 10.1 Å². The number of esters is 1. The summed E-state index contributed by atoms with van der Waals surface area (Å²) in [5.74, 6) is -1.57. The fourth-order valence-corrected chi connectivity index (χ4v) is 2.62. The van der Waals surface area contributed by atoms with Gasteiger partial charge in [0.1, 0.15) is 6.54 Å². The number of non-ortho nitro benzene ring substituents is 1. The molecule has 1 aromatic heterocycles. The van der Waals surface area contributed by atoms with Crippen molar-refractivity contribution in [2.45, 2.75) is 6.54 Å². The Morgan fingerprint density at radius 3 is 2.76 bits per heavy atom. The lowest BCUT2D eigenvalue weighted by atomic mass is 10.2. The third kappa shape index (κ3) is 4.74. The summed E-state index contributed by atoms with van der Waals surface area (Å²) in [6.45, 7) is -1.09. The molecule has 0 fully saturated rings. The van der Waals surface area contributed by atoms with Crippen molar-refractivity contribution in [3.05, 3.63) is 74.3 Å². The Morgan fingerprint density at radius 1 is 1.24 bits per heavy atom. The number of halogens is 1. The maximum atomic E-state index is 12.3. The highest BCUT2D eigenvalue weighted by Gasteiger charge is 2.14. The van der Waals surface area contributed by atoms with Crippen LogP contribution >= 0.6 is 11.6 Å². The number of hydrogen-bond acceptors (Lipinski definition) is 7. The minimum Gasteiger partial charge on any atom is -0.454 e. The predicted molar refractivity (Wildman–Crippen MR) is 104 cm³/mol. The highest BCUT2D eigenvalue weighted by atomic mass is 35.5. The number of rotatable bonds is 6. The van der Waals surface area contributed by atoms with E-state index in [-0.39, 0.29) is 16.4 Å². The lowest BCUT2D eigenvalue weighted by Crippen LogP contribution is -2.28. The van der Waals surface area contributed by atoms with Gasteiger partial charge in [-0.2, -0.15) is 0 Å². The zero-order chi connectivity index (χ0) is 21.0. The average Bonchev–Trinajstić information content (AvgIpc) is 2.70. The Balaban J connectivity index is 1.61. The number of aromatic nitrogens is 2. The van der Waals surface area contributed by atoms with Crippen molar-refractivity contribution in [3.8, 4) is 0 Å².